The number of rotatable bonds is 7. The van der Waals surface area contributed by atoms with Crippen molar-refractivity contribution in [3.05, 3.63) is 29.3 Å². The van der Waals surface area contributed by atoms with Crippen molar-refractivity contribution < 1.29 is 4.79 Å². The number of benzene rings is 1. The van der Waals surface area contributed by atoms with Crippen LogP contribution in [0.15, 0.2) is 28.1 Å². The molecule has 3 N–H and O–H groups in total. The van der Waals surface area contributed by atoms with Crippen molar-refractivity contribution in [1.82, 2.24) is 16.0 Å². The van der Waals surface area contributed by atoms with Gasteiger partial charge in [0, 0.05) is 37.5 Å². The third kappa shape index (κ3) is 8.72. The molecule has 0 unspecified atom stereocenters. The Bertz CT molecular complexity index is 618. The number of thioether (sulfide) groups is 1. The Morgan fingerprint density at radius 1 is 1.22 bits per heavy atom. The summed E-state index contributed by atoms with van der Waals surface area (Å²) in [6.45, 7) is 3.40. The van der Waals surface area contributed by atoms with Crippen LogP contribution in [0.1, 0.15) is 49.7 Å². The lowest BCUT2D eigenvalue weighted by atomic mass is 9.95. The van der Waals surface area contributed by atoms with Crippen molar-refractivity contribution in [2.45, 2.75) is 62.9 Å². The van der Waals surface area contributed by atoms with Gasteiger partial charge in [0.25, 0.3) is 0 Å². The standard InChI is InChI=1S/C20H32N4OS.HI/c1-15-9-10-16(18(13-15)26-3)14-23-20(21-2)22-12-11-19(25)24-17-7-5-4-6-8-17;/h9-10,13,17H,4-8,11-12,14H2,1-3H3,(H,24,25)(H2,21,22,23);1H. The summed E-state index contributed by atoms with van der Waals surface area (Å²) in [6, 6.07) is 6.86. The molecule has 1 fully saturated rings. The van der Waals surface area contributed by atoms with Crippen LogP contribution in [-0.2, 0) is 11.3 Å². The Balaban J connectivity index is 0.00000364. The lowest BCUT2D eigenvalue weighted by Gasteiger charge is -2.22. The average Bonchev–Trinajstić information content (AvgIpc) is 2.66. The number of aliphatic imine (C=N–C) groups is 1. The summed E-state index contributed by atoms with van der Waals surface area (Å²) >= 11 is 1.75. The highest BCUT2D eigenvalue weighted by Gasteiger charge is 2.15. The van der Waals surface area contributed by atoms with Crippen molar-refractivity contribution >= 4 is 47.6 Å². The number of guanidine groups is 1. The topological polar surface area (TPSA) is 65.5 Å². The molecule has 0 saturated heterocycles. The minimum Gasteiger partial charge on any atom is -0.356 e. The van der Waals surface area contributed by atoms with Crippen LogP contribution in [0.25, 0.3) is 0 Å². The van der Waals surface area contributed by atoms with Gasteiger partial charge in [0.15, 0.2) is 5.96 Å². The highest BCUT2D eigenvalue weighted by Crippen LogP contribution is 2.21. The normalized spacial score (nSPS) is 15.0. The summed E-state index contributed by atoms with van der Waals surface area (Å²) in [5, 5.41) is 9.70. The third-order valence-electron chi connectivity index (χ3n) is 4.73. The molecule has 0 atom stereocenters. The highest BCUT2D eigenvalue weighted by atomic mass is 127. The Kier molecular flexibility index (Phi) is 11.8. The van der Waals surface area contributed by atoms with E-state index in [1.54, 1.807) is 18.8 Å². The van der Waals surface area contributed by atoms with Crippen LogP contribution in [0.3, 0.4) is 0 Å². The zero-order valence-electron chi connectivity index (χ0n) is 16.6. The molecule has 27 heavy (non-hydrogen) atoms. The first-order chi connectivity index (χ1) is 12.6. The maximum atomic E-state index is 12.1. The second kappa shape index (κ2) is 13.3. The minimum atomic E-state index is 0. The van der Waals surface area contributed by atoms with Gasteiger partial charge in [0.2, 0.25) is 5.91 Å². The molecule has 152 valence electrons. The molecule has 2 rings (SSSR count). The van der Waals surface area contributed by atoms with Crippen molar-refractivity contribution in [3.63, 3.8) is 0 Å². The fourth-order valence-electron chi connectivity index (χ4n) is 3.24. The van der Waals surface area contributed by atoms with E-state index in [1.165, 1.54) is 35.3 Å². The van der Waals surface area contributed by atoms with Gasteiger partial charge in [-0.1, -0.05) is 31.4 Å². The molecule has 1 aromatic carbocycles. The van der Waals surface area contributed by atoms with E-state index in [0.717, 1.165) is 18.8 Å². The van der Waals surface area contributed by atoms with E-state index in [1.807, 2.05) is 0 Å². The van der Waals surface area contributed by atoms with Crippen LogP contribution in [0.2, 0.25) is 0 Å². The quantitative estimate of drug-likeness (QED) is 0.229. The largest absolute Gasteiger partial charge is 0.356 e. The Morgan fingerprint density at radius 2 is 1.96 bits per heavy atom. The van der Waals surface area contributed by atoms with Crippen molar-refractivity contribution in [3.8, 4) is 0 Å². The second-order valence-corrected chi connectivity index (χ2v) is 7.67. The van der Waals surface area contributed by atoms with Gasteiger partial charge in [-0.2, -0.15) is 0 Å². The minimum absolute atomic E-state index is 0. The molecule has 0 heterocycles. The number of hydrogen-bond donors (Lipinski definition) is 3. The molecule has 0 aliphatic heterocycles. The van der Waals surface area contributed by atoms with E-state index in [2.05, 4.69) is 52.3 Å². The van der Waals surface area contributed by atoms with Gasteiger partial charge >= 0.3 is 0 Å². The summed E-state index contributed by atoms with van der Waals surface area (Å²) < 4.78 is 0. The number of aryl methyl sites for hydroxylation is 1. The molecule has 1 aliphatic carbocycles. The zero-order valence-corrected chi connectivity index (χ0v) is 19.8. The van der Waals surface area contributed by atoms with Crippen LogP contribution >= 0.6 is 35.7 Å². The Labute approximate surface area is 185 Å². The number of hydrogen-bond acceptors (Lipinski definition) is 3. The lowest BCUT2D eigenvalue weighted by Crippen LogP contribution is -2.41. The first kappa shape index (κ1) is 24.1. The monoisotopic (exact) mass is 504 g/mol. The van der Waals surface area contributed by atoms with Crippen LogP contribution in [0, 0.1) is 6.92 Å². The highest BCUT2D eigenvalue weighted by molar-refractivity contribution is 14.0. The number of carbonyl (C=O) groups is 1. The lowest BCUT2D eigenvalue weighted by molar-refractivity contribution is -0.121. The predicted molar refractivity (Wildman–Crippen MR) is 126 cm³/mol. The molecule has 0 radical (unpaired) electrons. The van der Waals surface area contributed by atoms with E-state index >= 15 is 0 Å². The summed E-state index contributed by atoms with van der Waals surface area (Å²) in [5.74, 6) is 0.853. The van der Waals surface area contributed by atoms with Gasteiger partial charge in [-0.15, -0.1) is 35.7 Å². The molecule has 0 spiro atoms. The molecule has 0 aromatic heterocycles. The van der Waals surface area contributed by atoms with Gasteiger partial charge in [0.05, 0.1) is 0 Å². The molecule has 1 saturated carbocycles. The van der Waals surface area contributed by atoms with E-state index in [9.17, 15) is 4.79 Å². The van der Waals surface area contributed by atoms with Crippen LogP contribution in [-0.4, -0.2) is 37.8 Å². The maximum Gasteiger partial charge on any atom is 0.221 e. The number of carbonyl (C=O) groups excluding carboxylic acids is 1. The Hall–Kier alpha value is -0.960. The summed E-state index contributed by atoms with van der Waals surface area (Å²) in [5.41, 5.74) is 2.52. The predicted octanol–water partition coefficient (Wildman–Crippen LogP) is 3.84. The fourth-order valence-corrected chi connectivity index (χ4v) is 3.94. The molecule has 1 aliphatic rings. The number of halogens is 1. The molecular formula is C20H33IN4OS. The summed E-state index contributed by atoms with van der Waals surface area (Å²) in [6.07, 6.45) is 8.57. The molecular weight excluding hydrogens is 471 g/mol. The third-order valence-corrected chi connectivity index (χ3v) is 5.55. The van der Waals surface area contributed by atoms with Gasteiger partial charge in [-0.05, 0) is 43.2 Å². The van der Waals surface area contributed by atoms with Crippen LogP contribution in [0.4, 0.5) is 0 Å². The molecule has 0 bridgehead atoms. The molecule has 1 aromatic rings. The second-order valence-electron chi connectivity index (χ2n) is 6.82. The zero-order chi connectivity index (χ0) is 18.8. The SMILES string of the molecule is CN=C(NCCC(=O)NC1CCCCC1)NCc1ccc(C)cc1SC.I. The van der Waals surface area contributed by atoms with E-state index in [-0.39, 0.29) is 29.9 Å². The van der Waals surface area contributed by atoms with Crippen molar-refractivity contribution in [1.29, 1.82) is 0 Å². The van der Waals surface area contributed by atoms with E-state index in [4.69, 9.17) is 0 Å². The molecule has 5 nitrogen and oxygen atoms in total. The van der Waals surface area contributed by atoms with Gasteiger partial charge in [-0.3, -0.25) is 9.79 Å². The molecule has 7 heteroatoms. The van der Waals surface area contributed by atoms with Crippen LogP contribution < -0.4 is 16.0 Å². The first-order valence-corrected chi connectivity index (χ1v) is 10.7. The van der Waals surface area contributed by atoms with Crippen molar-refractivity contribution in [2.75, 3.05) is 19.8 Å². The van der Waals surface area contributed by atoms with Gasteiger partial charge in [-0.25, -0.2) is 0 Å². The van der Waals surface area contributed by atoms with Gasteiger partial charge < -0.3 is 16.0 Å². The van der Waals surface area contributed by atoms with Crippen LogP contribution in [0.5, 0.6) is 0 Å². The number of nitrogens with one attached hydrogen (secondary N) is 3. The summed E-state index contributed by atoms with van der Waals surface area (Å²) in [7, 11) is 1.75. The maximum absolute atomic E-state index is 12.1. The van der Waals surface area contributed by atoms with Gasteiger partial charge in [0.1, 0.15) is 0 Å². The van der Waals surface area contributed by atoms with E-state index < -0.39 is 0 Å². The Morgan fingerprint density at radius 3 is 2.63 bits per heavy atom. The first-order valence-electron chi connectivity index (χ1n) is 9.49. The van der Waals surface area contributed by atoms with E-state index in [0.29, 0.717) is 25.6 Å². The van der Waals surface area contributed by atoms with Crippen molar-refractivity contribution in [2.24, 2.45) is 4.99 Å². The summed E-state index contributed by atoms with van der Waals surface area (Å²) in [4.78, 5) is 17.6. The molecule has 1 amide bonds. The smallest absolute Gasteiger partial charge is 0.221 e. The number of nitrogens with zero attached hydrogens (tertiary/aromatic N) is 1. The average molecular weight is 504 g/mol. The fraction of sp³-hybridized carbons (Fsp3) is 0.600. The number of amides is 1.